The van der Waals surface area contributed by atoms with Gasteiger partial charge in [-0.1, -0.05) is 29.3 Å². The Hall–Kier alpha value is -2.77. The fraction of sp³-hybridized carbons (Fsp3) is 0.0625. The van der Waals surface area contributed by atoms with Crippen LogP contribution < -0.4 is 15.5 Å². The molecule has 0 aromatic heterocycles. The number of hydrazone groups is 1. The van der Waals surface area contributed by atoms with Crippen molar-refractivity contribution in [2.45, 2.75) is 0 Å². The summed E-state index contributed by atoms with van der Waals surface area (Å²) in [6.45, 7) is 0. The first-order valence-corrected chi connectivity index (χ1v) is 7.63. The number of hydrogen-bond donors (Lipinski definition) is 3. The number of hydrogen-bond acceptors (Lipinski definition) is 5. The van der Waals surface area contributed by atoms with Crippen molar-refractivity contribution in [3.8, 4) is 11.5 Å². The van der Waals surface area contributed by atoms with E-state index in [0.29, 0.717) is 11.3 Å². The molecule has 0 heterocycles. The van der Waals surface area contributed by atoms with Crippen molar-refractivity contribution in [1.29, 1.82) is 0 Å². The summed E-state index contributed by atoms with van der Waals surface area (Å²) in [5.41, 5.74) is 2.54. The van der Waals surface area contributed by atoms with Crippen molar-refractivity contribution < 1.29 is 19.4 Å². The minimum Gasteiger partial charge on any atom is -0.507 e. The first kappa shape index (κ1) is 18.6. The van der Waals surface area contributed by atoms with Crippen LogP contribution in [0.4, 0.5) is 5.69 Å². The zero-order valence-electron chi connectivity index (χ0n) is 12.9. The Morgan fingerprint density at radius 3 is 2.68 bits per heavy atom. The molecular formula is C16H13Cl2N3O4. The van der Waals surface area contributed by atoms with Crippen LogP contribution in [-0.2, 0) is 9.59 Å². The van der Waals surface area contributed by atoms with Gasteiger partial charge in [0.05, 0.1) is 29.1 Å². The van der Waals surface area contributed by atoms with Gasteiger partial charge in [-0.3, -0.25) is 9.59 Å². The van der Waals surface area contributed by atoms with Crippen LogP contribution in [-0.4, -0.2) is 30.2 Å². The Labute approximate surface area is 153 Å². The van der Waals surface area contributed by atoms with Crippen LogP contribution in [0, 0.1) is 0 Å². The molecule has 0 unspecified atom stereocenters. The van der Waals surface area contributed by atoms with Crippen LogP contribution in [0.25, 0.3) is 0 Å². The quantitative estimate of drug-likeness (QED) is 0.430. The van der Waals surface area contributed by atoms with Crippen LogP contribution in [0.2, 0.25) is 10.0 Å². The predicted octanol–water partition coefficient (Wildman–Crippen LogP) is 2.80. The first-order chi connectivity index (χ1) is 11.9. The average Bonchev–Trinajstić information content (AvgIpc) is 2.60. The van der Waals surface area contributed by atoms with Crippen LogP contribution >= 0.6 is 23.2 Å². The van der Waals surface area contributed by atoms with Crippen molar-refractivity contribution in [3.05, 3.63) is 52.0 Å². The lowest BCUT2D eigenvalue weighted by Crippen LogP contribution is -2.32. The van der Waals surface area contributed by atoms with E-state index in [4.69, 9.17) is 27.9 Å². The highest BCUT2D eigenvalue weighted by molar-refractivity contribution is 6.45. The summed E-state index contributed by atoms with van der Waals surface area (Å²) < 4.78 is 5.02. The van der Waals surface area contributed by atoms with E-state index in [1.807, 2.05) is 5.43 Å². The number of nitrogens with zero attached hydrogens (tertiary/aromatic N) is 1. The van der Waals surface area contributed by atoms with E-state index in [2.05, 4.69) is 10.4 Å². The summed E-state index contributed by atoms with van der Waals surface area (Å²) in [4.78, 5) is 23.6. The highest BCUT2D eigenvalue weighted by Crippen LogP contribution is 2.29. The highest BCUT2D eigenvalue weighted by Gasteiger charge is 2.15. The number of benzene rings is 2. The molecule has 2 aromatic carbocycles. The third kappa shape index (κ3) is 4.85. The van der Waals surface area contributed by atoms with Crippen molar-refractivity contribution in [2.75, 3.05) is 12.4 Å². The number of methoxy groups -OCH3 is 1. The number of rotatable bonds is 4. The molecule has 2 amide bonds. The monoisotopic (exact) mass is 381 g/mol. The number of nitrogens with one attached hydrogen (secondary N) is 2. The molecule has 7 nitrogen and oxygen atoms in total. The molecule has 9 heteroatoms. The summed E-state index contributed by atoms with van der Waals surface area (Å²) >= 11 is 11.8. The number of carbonyl (C=O) groups excluding carboxylic acids is 2. The van der Waals surface area contributed by atoms with Crippen molar-refractivity contribution in [1.82, 2.24) is 5.43 Å². The molecule has 0 aliphatic rings. The van der Waals surface area contributed by atoms with Crippen LogP contribution in [0.15, 0.2) is 41.5 Å². The average molecular weight is 382 g/mol. The smallest absolute Gasteiger partial charge is 0.329 e. The normalized spacial score (nSPS) is 10.5. The highest BCUT2D eigenvalue weighted by atomic mass is 35.5. The minimum absolute atomic E-state index is 0.0611. The third-order valence-electron chi connectivity index (χ3n) is 3.01. The first-order valence-electron chi connectivity index (χ1n) is 6.87. The molecule has 2 rings (SSSR count). The lowest BCUT2D eigenvalue weighted by molar-refractivity contribution is -0.136. The lowest BCUT2D eigenvalue weighted by Gasteiger charge is -2.07. The maximum Gasteiger partial charge on any atom is 0.329 e. The second-order valence-corrected chi connectivity index (χ2v) is 5.46. The molecule has 3 N–H and O–H groups in total. The van der Waals surface area contributed by atoms with Crippen LogP contribution in [0.5, 0.6) is 11.5 Å². The van der Waals surface area contributed by atoms with Crippen LogP contribution in [0.3, 0.4) is 0 Å². The fourth-order valence-corrected chi connectivity index (χ4v) is 2.10. The van der Waals surface area contributed by atoms with Gasteiger partial charge in [-0.2, -0.15) is 5.10 Å². The molecule has 0 spiro atoms. The number of amides is 2. The van der Waals surface area contributed by atoms with Gasteiger partial charge in [0, 0.05) is 5.56 Å². The van der Waals surface area contributed by atoms with Gasteiger partial charge in [0.15, 0.2) is 0 Å². The Morgan fingerprint density at radius 2 is 1.96 bits per heavy atom. The molecule has 0 saturated carbocycles. The molecular weight excluding hydrogens is 369 g/mol. The van der Waals surface area contributed by atoms with Gasteiger partial charge in [0.2, 0.25) is 0 Å². The van der Waals surface area contributed by atoms with E-state index in [9.17, 15) is 14.7 Å². The molecule has 0 radical (unpaired) electrons. The second kappa shape index (κ2) is 8.36. The summed E-state index contributed by atoms with van der Waals surface area (Å²) in [7, 11) is 1.47. The molecule has 2 aromatic rings. The standard InChI is InChI=1S/C16H13Cl2N3O4/c1-25-10-5-6-13(22)9(7-10)8-19-21-16(24)15(23)20-12-4-2-3-11(17)14(12)18/h2-8,22H,1H3,(H,20,23)(H,21,24)/b19-8-. The zero-order chi connectivity index (χ0) is 18.4. The number of anilines is 1. The molecule has 0 fully saturated rings. The summed E-state index contributed by atoms with van der Waals surface area (Å²) in [5, 5.41) is 16.0. The molecule has 25 heavy (non-hydrogen) atoms. The summed E-state index contributed by atoms with van der Waals surface area (Å²) in [6, 6.07) is 9.10. The summed E-state index contributed by atoms with van der Waals surface area (Å²) in [6.07, 6.45) is 1.18. The number of ether oxygens (including phenoxy) is 1. The number of phenolic OH excluding ortho intramolecular Hbond substituents is 1. The molecule has 0 saturated heterocycles. The van der Waals surface area contributed by atoms with Gasteiger partial charge in [-0.15, -0.1) is 0 Å². The number of aromatic hydroxyl groups is 1. The van der Waals surface area contributed by atoms with Crippen LogP contribution in [0.1, 0.15) is 5.56 Å². The Balaban J connectivity index is 2.00. The topological polar surface area (TPSA) is 100 Å². The zero-order valence-corrected chi connectivity index (χ0v) is 14.4. The maximum absolute atomic E-state index is 11.8. The van der Waals surface area contributed by atoms with Gasteiger partial charge in [0.1, 0.15) is 11.5 Å². The third-order valence-corrected chi connectivity index (χ3v) is 3.83. The van der Waals surface area contributed by atoms with Gasteiger partial charge in [-0.25, -0.2) is 5.43 Å². The molecule has 0 aliphatic carbocycles. The summed E-state index contributed by atoms with van der Waals surface area (Å²) in [5.74, 6) is -1.56. The fourth-order valence-electron chi connectivity index (χ4n) is 1.75. The van der Waals surface area contributed by atoms with E-state index < -0.39 is 11.8 Å². The van der Waals surface area contributed by atoms with E-state index in [1.54, 1.807) is 18.2 Å². The Morgan fingerprint density at radius 1 is 1.20 bits per heavy atom. The largest absolute Gasteiger partial charge is 0.507 e. The molecule has 0 bridgehead atoms. The minimum atomic E-state index is -1.02. The molecule has 0 atom stereocenters. The molecule has 130 valence electrons. The van der Waals surface area contributed by atoms with Gasteiger partial charge in [-0.05, 0) is 30.3 Å². The van der Waals surface area contributed by atoms with E-state index >= 15 is 0 Å². The lowest BCUT2D eigenvalue weighted by atomic mass is 10.2. The van der Waals surface area contributed by atoms with Gasteiger partial charge >= 0.3 is 11.8 Å². The van der Waals surface area contributed by atoms with Gasteiger partial charge in [0.25, 0.3) is 0 Å². The maximum atomic E-state index is 11.8. The predicted molar refractivity (Wildman–Crippen MR) is 95.5 cm³/mol. The number of carbonyl (C=O) groups is 2. The molecule has 0 aliphatic heterocycles. The van der Waals surface area contributed by atoms with Crippen molar-refractivity contribution >= 4 is 46.9 Å². The van der Waals surface area contributed by atoms with Crippen molar-refractivity contribution in [2.24, 2.45) is 5.10 Å². The van der Waals surface area contributed by atoms with Crippen molar-refractivity contribution in [3.63, 3.8) is 0 Å². The Bertz CT molecular complexity index is 840. The van der Waals surface area contributed by atoms with E-state index in [1.165, 1.54) is 31.5 Å². The number of halogens is 2. The van der Waals surface area contributed by atoms with Gasteiger partial charge < -0.3 is 15.2 Å². The van der Waals surface area contributed by atoms with E-state index in [0.717, 1.165) is 0 Å². The Kier molecular flexibility index (Phi) is 6.21. The van der Waals surface area contributed by atoms with E-state index in [-0.39, 0.29) is 21.5 Å². The SMILES string of the molecule is COc1ccc(O)c(/C=N\NC(=O)C(=O)Nc2cccc(Cl)c2Cl)c1. The second-order valence-electron chi connectivity index (χ2n) is 4.68. The number of phenols is 1.